The monoisotopic (exact) mass is 268 g/mol. The molecule has 0 spiro atoms. The molecule has 19 heavy (non-hydrogen) atoms. The first-order chi connectivity index (χ1) is 9.15. The van der Waals surface area contributed by atoms with Crippen molar-refractivity contribution >= 4 is 11.8 Å². The molecule has 1 rings (SSSR count). The fourth-order valence-electron chi connectivity index (χ4n) is 2.74. The van der Waals surface area contributed by atoms with Gasteiger partial charge in [-0.25, -0.2) is 0 Å². The van der Waals surface area contributed by atoms with Crippen molar-refractivity contribution in [1.29, 1.82) is 0 Å². The molecule has 0 radical (unpaired) electrons. The fraction of sp³-hybridized carbons (Fsp3) is 0.867. The van der Waals surface area contributed by atoms with Crippen LogP contribution in [0.1, 0.15) is 65.2 Å². The third-order valence-electron chi connectivity index (χ3n) is 3.82. The standard InChI is InChI=1S/C15H28N2O2/c1-3-11-16-15(19)10-12-17(13(2)18)14-8-6-4-5-7-9-14/h14H,3-12H2,1-2H3,(H,16,19). The van der Waals surface area contributed by atoms with E-state index in [1.807, 2.05) is 11.8 Å². The van der Waals surface area contributed by atoms with Crippen molar-refractivity contribution in [3.05, 3.63) is 0 Å². The second-order valence-electron chi connectivity index (χ2n) is 5.46. The molecular formula is C15H28N2O2. The van der Waals surface area contributed by atoms with E-state index in [0.717, 1.165) is 25.8 Å². The third-order valence-corrected chi connectivity index (χ3v) is 3.82. The first-order valence-electron chi connectivity index (χ1n) is 7.69. The van der Waals surface area contributed by atoms with E-state index in [1.165, 1.54) is 25.7 Å². The minimum atomic E-state index is 0.0571. The molecule has 2 amide bonds. The molecule has 0 aromatic rings. The molecule has 0 aromatic heterocycles. The highest BCUT2D eigenvalue weighted by molar-refractivity contribution is 5.78. The van der Waals surface area contributed by atoms with Crippen LogP contribution in [-0.4, -0.2) is 35.8 Å². The Labute approximate surface area is 116 Å². The first kappa shape index (κ1) is 16.0. The van der Waals surface area contributed by atoms with Gasteiger partial charge in [-0.2, -0.15) is 0 Å². The Morgan fingerprint density at radius 3 is 2.32 bits per heavy atom. The number of rotatable bonds is 6. The predicted octanol–water partition coefficient (Wildman–Crippen LogP) is 2.47. The average molecular weight is 268 g/mol. The Morgan fingerprint density at radius 2 is 1.79 bits per heavy atom. The van der Waals surface area contributed by atoms with E-state index in [4.69, 9.17) is 0 Å². The number of hydrogen-bond donors (Lipinski definition) is 1. The Kier molecular flexibility index (Phi) is 7.53. The van der Waals surface area contributed by atoms with Gasteiger partial charge in [-0.3, -0.25) is 9.59 Å². The van der Waals surface area contributed by atoms with Crippen LogP contribution in [0.4, 0.5) is 0 Å². The molecule has 1 aliphatic rings. The van der Waals surface area contributed by atoms with E-state index in [2.05, 4.69) is 5.32 Å². The number of amides is 2. The molecule has 4 heteroatoms. The van der Waals surface area contributed by atoms with Gasteiger partial charge in [0, 0.05) is 32.5 Å². The third kappa shape index (κ3) is 6.08. The van der Waals surface area contributed by atoms with Gasteiger partial charge >= 0.3 is 0 Å². The maximum Gasteiger partial charge on any atom is 0.221 e. The summed E-state index contributed by atoms with van der Waals surface area (Å²) >= 11 is 0. The SMILES string of the molecule is CCCNC(=O)CCN(C(C)=O)C1CCCCCC1. The number of nitrogens with zero attached hydrogens (tertiary/aromatic N) is 1. The molecule has 1 fully saturated rings. The second kappa shape index (κ2) is 8.94. The summed E-state index contributed by atoms with van der Waals surface area (Å²) in [6.45, 7) is 4.94. The molecule has 0 unspecified atom stereocenters. The normalized spacial score (nSPS) is 16.7. The van der Waals surface area contributed by atoms with E-state index in [0.29, 0.717) is 19.0 Å². The highest BCUT2D eigenvalue weighted by atomic mass is 16.2. The molecule has 0 saturated heterocycles. The maximum absolute atomic E-state index is 11.8. The highest BCUT2D eigenvalue weighted by Gasteiger charge is 2.22. The van der Waals surface area contributed by atoms with Gasteiger partial charge < -0.3 is 10.2 Å². The summed E-state index contributed by atoms with van der Waals surface area (Å²) in [5, 5.41) is 2.86. The summed E-state index contributed by atoms with van der Waals surface area (Å²) in [5.74, 6) is 0.164. The maximum atomic E-state index is 11.8. The lowest BCUT2D eigenvalue weighted by Crippen LogP contribution is -2.41. The summed E-state index contributed by atoms with van der Waals surface area (Å²) < 4.78 is 0. The second-order valence-corrected chi connectivity index (χ2v) is 5.46. The molecule has 0 atom stereocenters. The van der Waals surface area contributed by atoms with Crippen molar-refractivity contribution in [3.63, 3.8) is 0 Å². The average Bonchev–Trinajstić information content (AvgIpc) is 2.65. The molecular weight excluding hydrogens is 240 g/mol. The van der Waals surface area contributed by atoms with Gasteiger partial charge in [0.1, 0.15) is 0 Å². The van der Waals surface area contributed by atoms with E-state index in [1.54, 1.807) is 6.92 Å². The van der Waals surface area contributed by atoms with Crippen LogP contribution in [0.15, 0.2) is 0 Å². The van der Waals surface area contributed by atoms with E-state index in [9.17, 15) is 9.59 Å². The Morgan fingerprint density at radius 1 is 1.16 bits per heavy atom. The molecule has 1 saturated carbocycles. The van der Waals surface area contributed by atoms with Crippen LogP contribution < -0.4 is 5.32 Å². The van der Waals surface area contributed by atoms with Crippen LogP contribution >= 0.6 is 0 Å². The van der Waals surface area contributed by atoms with Crippen molar-refractivity contribution in [3.8, 4) is 0 Å². The Hall–Kier alpha value is -1.06. The molecule has 0 aromatic carbocycles. The minimum absolute atomic E-state index is 0.0571. The summed E-state index contributed by atoms with van der Waals surface area (Å²) in [6.07, 6.45) is 8.53. The Balaban J connectivity index is 2.43. The Bertz CT molecular complexity index is 284. The van der Waals surface area contributed by atoms with Crippen molar-refractivity contribution < 1.29 is 9.59 Å². The van der Waals surface area contributed by atoms with Gasteiger partial charge in [0.05, 0.1) is 0 Å². The number of carbonyl (C=O) groups excluding carboxylic acids is 2. The van der Waals surface area contributed by atoms with Crippen molar-refractivity contribution in [2.24, 2.45) is 0 Å². The smallest absolute Gasteiger partial charge is 0.221 e. The lowest BCUT2D eigenvalue weighted by atomic mass is 10.1. The molecule has 0 aliphatic heterocycles. The predicted molar refractivity (Wildman–Crippen MR) is 76.8 cm³/mol. The number of carbonyl (C=O) groups is 2. The van der Waals surface area contributed by atoms with Gasteiger partial charge in [-0.1, -0.05) is 32.6 Å². The van der Waals surface area contributed by atoms with Gasteiger partial charge in [0.2, 0.25) is 11.8 Å². The summed E-state index contributed by atoms with van der Waals surface area (Å²) in [4.78, 5) is 25.3. The van der Waals surface area contributed by atoms with Crippen LogP contribution in [0.3, 0.4) is 0 Å². The lowest BCUT2D eigenvalue weighted by Gasteiger charge is -2.30. The number of nitrogens with one attached hydrogen (secondary N) is 1. The minimum Gasteiger partial charge on any atom is -0.356 e. The van der Waals surface area contributed by atoms with Gasteiger partial charge in [-0.15, -0.1) is 0 Å². The largest absolute Gasteiger partial charge is 0.356 e. The van der Waals surface area contributed by atoms with Crippen LogP contribution in [0.25, 0.3) is 0 Å². The van der Waals surface area contributed by atoms with Gasteiger partial charge in [-0.05, 0) is 19.3 Å². The van der Waals surface area contributed by atoms with Gasteiger partial charge in [0.15, 0.2) is 0 Å². The van der Waals surface area contributed by atoms with Crippen molar-refractivity contribution in [2.45, 2.75) is 71.3 Å². The quantitative estimate of drug-likeness (QED) is 0.752. The zero-order valence-electron chi connectivity index (χ0n) is 12.4. The first-order valence-corrected chi connectivity index (χ1v) is 7.69. The summed E-state index contributed by atoms with van der Waals surface area (Å²) in [7, 11) is 0. The van der Waals surface area contributed by atoms with Crippen LogP contribution in [0, 0.1) is 0 Å². The van der Waals surface area contributed by atoms with E-state index in [-0.39, 0.29) is 11.8 Å². The van der Waals surface area contributed by atoms with Crippen LogP contribution in [0.2, 0.25) is 0 Å². The van der Waals surface area contributed by atoms with Crippen molar-refractivity contribution in [2.75, 3.05) is 13.1 Å². The molecule has 1 N–H and O–H groups in total. The summed E-state index contributed by atoms with van der Waals surface area (Å²) in [6, 6.07) is 0.346. The number of hydrogen-bond acceptors (Lipinski definition) is 2. The zero-order chi connectivity index (χ0) is 14.1. The molecule has 110 valence electrons. The zero-order valence-corrected chi connectivity index (χ0v) is 12.4. The van der Waals surface area contributed by atoms with Gasteiger partial charge in [0.25, 0.3) is 0 Å². The van der Waals surface area contributed by atoms with Crippen LogP contribution in [0.5, 0.6) is 0 Å². The molecule has 0 heterocycles. The van der Waals surface area contributed by atoms with E-state index < -0.39 is 0 Å². The lowest BCUT2D eigenvalue weighted by molar-refractivity contribution is -0.132. The summed E-state index contributed by atoms with van der Waals surface area (Å²) in [5.41, 5.74) is 0. The molecule has 0 bridgehead atoms. The molecule has 1 aliphatic carbocycles. The van der Waals surface area contributed by atoms with Crippen LogP contribution in [-0.2, 0) is 9.59 Å². The van der Waals surface area contributed by atoms with Crippen molar-refractivity contribution in [1.82, 2.24) is 10.2 Å². The molecule has 4 nitrogen and oxygen atoms in total. The van der Waals surface area contributed by atoms with E-state index >= 15 is 0 Å². The topological polar surface area (TPSA) is 49.4 Å². The fourth-order valence-corrected chi connectivity index (χ4v) is 2.74. The highest BCUT2D eigenvalue weighted by Crippen LogP contribution is 2.22.